The molecule has 2 aliphatic rings. The SMILES string of the molecule is C1CCC(Cc2nc(C3CCCN3)no2)SC1. The minimum absolute atomic E-state index is 0.325. The number of aromatic nitrogens is 2. The number of rotatable bonds is 3. The van der Waals surface area contributed by atoms with Crippen LogP contribution in [0.1, 0.15) is 49.9 Å². The number of hydrogen-bond acceptors (Lipinski definition) is 5. The first-order valence-corrected chi connectivity index (χ1v) is 7.64. The third-order valence-corrected chi connectivity index (χ3v) is 4.93. The van der Waals surface area contributed by atoms with E-state index in [1.807, 2.05) is 0 Å². The van der Waals surface area contributed by atoms with E-state index in [-0.39, 0.29) is 0 Å². The van der Waals surface area contributed by atoms with Gasteiger partial charge in [-0.2, -0.15) is 16.7 Å². The molecule has 3 rings (SSSR count). The van der Waals surface area contributed by atoms with Gasteiger partial charge in [-0.25, -0.2) is 0 Å². The van der Waals surface area contributed by atoms with Gasteiger partial charge in [-0.3, -0.25) is 0 Å². The largest absolute Gasteiger partial charge is 0.339 e. The Labute approximate surface area is 106 Å². The van der Waals surface area contributed by atoms with E-state index in [4.69, 9.17) is 4.52 Å². The second kappa shape index (κ2) is 5.40. The zero-order valence-corrected chi connectivity index (χ0v) is 10.8. The van der Waals surface area contributed by atoms with Crippen molar-refractivity contribution in [2.75, 3.05) is 12.3 Å². The molecule has 2 fully saturated rings. The molecule has 4 nitrogen and oxygen atoms in total. The average Bonchev–Trinajstić information content (AvgIpc) is 3.00. The van der Waals surface area contributed by atoms with Gasteiger partial charge in [-0.1, -0.05) is 11.6 Å². The predicted octanol–water partition coefficient (Wildman–Crippen LogP) is 2.32. The van der Waals surface area contributed by atoms with E-state index < -0.39 is 0 Å². The van der Waals surface area contributed by atoms with Crippen molar-refractivity contribution in [3.63, 3.8) is 0 Å². The Morgan fingerprint density at radius 1 is 1.29 bits per heavy atom. The lowest BCUT2D eigenvalue weighted by Crippen LogP contribution is -2.15. The number of nitrogens with zero attached hydrogens (tertiary/aromatic N) is 2. The molecule has 2 saturated heterocycles. The maximum atomic E-state index is 5.37. The zero-order valence-electron chi connectivity index (χ0n) is 10.0. The molecule has 0 bridgehead atoms. The Kier molecular flexibility index (Phi) is 3.66. The molecular weight excluding hydrogens is 234 g/mol. The van der Waals surface area contributed by atoms with E-state index in [0.717, 1.165) is 31.1 Å². The second-order valence-corrected chi connectivity index (χ2v) is 6.30. The van der Waals surface area contributed by atoms with Crippen molar-refractivity contribution in [1.29, 1.82) is 0 Å². The van der Waals surface area contributed by atoms with Crippen LogP contribution in [0.4, 0.5) is 0 Å². The first kappa shape index (κ1) is 11.5. The van der Waals surface area contributed by atoms with Crippen molar-refractivity contribution in [2.45, 2.75) is 49.8 Å². The normalized spacial score (nSPS) is 29.6. The Morgan fingerprint density at radius 3 is 3.06 bits per heavy atom. The fourth-order valence-corrected chi connectivity index (χ4v) is 3.86. The molecule has 0 aromatic carbocycles. The van der Waals surface area contributed by atoms with Gasteiger partial charge < -0.3 is 9.84 Å². The van der Waals surface area contributed by atoms with Crippen molar-refractivity contribution >= 4 is 11.8 Å². The Morgan fingerprint density at radius 2 is 2.29 bits per heavy atom. The molecule has 2 aliphatic heterocycles. The van der Waals surface area contributed by atoms with E-state index >= 15 is 0 Å². The molecule has 17 heavy (non-hydrogen) atoms. The van der Waals surface area contributed by atoms with Gasteiger partial charge in [-0.15, -0.1) is 0 Å². The lowest BCUT2D eigenvalue weighted by molar-refractivity contribution is 0.364. The van der Waals surface area contributed by atoms with E-state index in [9.17, 15) is 0 Å². The molecule has 5 heteroatoms. The molecule has 3 heterocycles. The topological polar surface area (TPSA) is 51.0 Å². The van der Waals surface area contributed by atoms with Crippen LogP contribution >= 0.6 is 11.8 Å². The smallest absolute Gasteiger partial charge is 0.227 e. The molecule has 0 amide bonds. The quantitative estimate of drug-likeness (QED) is 0.896. The number of thioether (sulfide) groups is 1. The lowest BCUT2D eigenvalue weighted by atomic mass is 10.1. The maximum absolute atomic E-state index is 5.37. The lowest BCUT2D eigenvalue weighted by Gasteiger charge is -2.19. The van der Waals surface area contributed by atoms with Crippen LogP contribution in [0.3, 0.4) is 0 Å². The molecular formula is C12H19N3OS. The summed E-state index contributed by atoms with van der Waals surface area (Å²) in [4.78, 5) is 4.53. The van der Waals surface area contributed by atoms with E-state index in [2.05, 4.69) is 27.2 Å². The third kappa shape index (κ3) is 2.83. The summed E-state index contributed by atoms with van der Waals surface area (Å²) in [6, 6.07) is 0.325. The van der Waals surface area contributed by atoms with Gasteiger partial charge in [-0.05, 0) is 38.0 Å². The van der Waals surface area contributed by atoms with Crippen LogP contribution in [0.25, 0.3) is 0 Å². The van der Waals surface area contributed by atoms with Gasteiger partial charge in [0.15, 0.2) is 5.82 Å². The first-order chi connectivity index (χ1) is 8.42. The second-order valence-electron chi connectivity index (χ2n) is 4.89. The number of nitrogens with one attached hydrogen (secondary N) is 1. The van der Waals surface area contributed by atoms with Crippen LogP contribution < -0.4 is 5.32 Å². The summed E-state index contributed by atoms with van der Waals surface area (Å²) in [5, 5.41) is 8.19. The third-order valence-electron chi connectivity index (χ3n) is 3.53. The van der Waals surface area contributed by atoms with Crippen LogP contribution in [-0.4, -0.2) is 27.7 Å². The standard InChI is InChI=1S/C12H19N3OS/c1-2-7-17-9(4-1)8-11-14-12(15-16-11)10-5-3-6-13-10/h9-10,13H,1-8H2. The summed E-state index contributed by atoms with van der Waals surface area (Å²) in [5.41, 5.74) is 0. The van der Waals surface area contributed by atoms with Gasteiger partial charge in [0.25, 0.3) is 0 Å². The van der Waals surface area contributed by atoms with Crippen molar-refractivity contribution in [3.8, 4) is 0 Å². The average molecular weight is 253 g/mol. The zero-order chi connectivity index (χ0) is 11.5. The molecule has 1 N–H and O–H groups in total. The van der Waals surface area contributed by atoms with Crippen LogP contribution in [0.2, 0.25) is 0 Å². The molecule has 0 saturated carbocycles. The highest BCUT2D eigenvalue weighted by Gasteiger charge is 2.23. The molecule has 0 spiro atoms. The van der Waals surface area contributed by atoms with E-state index in [0.29, 0.717) is 11.3 Å². The van der Waals surface area contributed by atoms with Gasteiger partial charge >= 0.3 is 0 Å². The molecule has 2 unspecified atom stereocenters. The maximum Gasteiger partial charge on any atom is 0.227 e. The van der Waals surface area contributed by atoms with Crippen molar-refractivity contribution in [2.24, 2.45) is 0 Å². The summed E-state index contributed by atoms with van der Waals surface area (Å²) in [5.74, 6) is 2.97. The van der Waals surface area contributed by atoms with Gasteiger partial charge in [0.05, 0.1) is 6.04 Å². The summed E-state index contributed by atoms with van der Waals surface area (Å²) in [6.07, 6.45) is 7.31. The Balaban J connectivity index is 1.59. The van der Waals surface area contributed by atoms with Gasteiger partial charge in [0.1, 0.15) is 0 Å². The van der Waals surface area contributed by atoms with Gasteiger partial charge in [0, 0.05) is 11.7 Å². The summed E-state index contributed by atoms with van der Waals surface area (Å²) >= 11 is 2.06. The first-order valence-electron chi connectivity index (χ1n) is 6.59. The Hall–Kier alpha value is -0.550. The van der Waals surface area contributed by atoms with E-state index in [1.54, 1.807) is 0 Å². The fourth-order valence-electron chi connectivity index (χ4n) is 2.56. The van der Waals surface area contributed by atoms with Crippen molar-refractivity contribution in [1.82, 2.24) is 15.5 Å². The molecule has 1 aromatic heterocycles. The molecule has 0 radical (unpaired) electrons. The number of hydrogen-bond donors (Lipinski definition) is 1. The molecule has 1 aromatic rings. The highest BCUT2D eigenvalue weighted by Crippen LogP contribution is 2.28. The molecule has 2 atom stereocenters. The minimum Gasteiger partial charge on any atom is -0.339 e. The summed E-state index contributed by atoms with van der Waals surface area (Å²) in [7, 11) is 0. The molecule has 94 valence electrons. The monoisotopic (exact) mass is 253 g/mol. The van der Waals surface area contributed by atoms with Crippen molar-refractivity contribution in [3.05, 3.63) is 11.7 Å². The van der Waals surface area contributed by atoms with Crippen LogP contribution in [0.5, 0.6) is 0 Å². The molecule has 0 aliphatic carbocycles. The van der Waals surface area contributed by atoms with Crippen LogP contribution in [0.15, 0.2) is 4.52 Å². The summed E-state index contributed by atoms with van der Waals surface area (Å²) in [6.45, 7) is 1.08. The van der Waals surface area contributed by atoms with Crippen LogP contribution in [-0.2, 0) is 6.42 Å². The highest BCUT2D eigenvalue weighted by molar-refractivity contribution is 7.99. The minimum atomic E-state index is 0.325. The van der Waals surface area contributed by atoms with Gasteiger partial charge in [0.2, 0.25) is 5.89 Å². The highest BCUT2D eigenvalue weighted by atomic mass is 32.2. The predicted molar refractivity (Wildman–Crippen MR) is 68.1 cm³/mol. The Bertz CT molecular complexity index is 356. The fraction of sp³-hybridized carbons (Fsp3) is 0.833. The van der Waals surface area contributed by atoms with E-state index in [1.165, 1.54) is 31.4 Å². The van der Waals surface area contributed by atoms with Crippen molar-refractivity contribution < 1.29 is 4.52 Å². The summed E-state index contributed by atoms with van der Waals surface area (Å²) < 4.78 is 5.37. The van der Waals surface area contributed by atoms with Crippen LogP contribution in [0, 0.1) is 0 Å².